The van der Waals surface area contributed by atoms with Crippen LogP contribution in [0.1, 0.15) is 59.3 Å². The summed E-state index contributed by atoms with van der Waals surface area (Å²) in [6, 6.07) is 0. The van der Waals surface area contributed by atoms with Crippen LogP contribution in [0, 0.1) is 17.3 Å². The van der Waals surface area contributed by atoms with Crippen molar-refractivity contribution in [3.63, 3.8) is 0 Å². The Labute approximate surface area is 123 Å². The lowest BCUT2D eigenvalue weighted by Crippen LogP contribution is -2.37. The SMILES string of the molecule is CCC1(CC)CN=C(NCC2CCCCC2C)SC1. The first kappa shape index (κ1) is 15.2. The minimum Gasteiger partial charge on any atom is -0.365 e. The monoisotopic (exact) mass is 282 g/mol. The van der Waals surface area contributed by atoms with Crippen molar-refractivity contribution >= 4 is 16.9 Å². The molecule has 1 aliphatic carbocycles. The molecule has 0 radical (unpaired) electrons. The molecule has 0 aromatic heterocycles. The fraction of sp³-hybridized carbons (Fsp3) is 0.938. The largest absolute Gasteiger partial charge is 0.365 e. The summed E-state index contributed by atoms with van der Waals surface area (Å²) >= 11 is 1.95. The van der Waals surface area contributed by atoms with Crippen molar-refractivity contribution in [3.05, 3.63) is 0 Å². The quantitative estimate of drug-likeness (QED) is 0.831. The molecule has 0 saturated heterocycles. The maximum atomic E-state index is 4.80. The van der Waals surface area contributed by atoms with Crippen LogP contribution >= 0.6 is 11.8 Å². The van der Waals surface area contributed by atoms with Crippen LogP contribution < -0.4 is 5.32 Å². The smallest absolute Gasteiger partial charge is 0.156 e. The Bertz CT molecular complexity index is 310. The highest BCUT2D eigenvalue weighted by molar-refractivity contribution is 8.13. The van der Waals surface area contributed by atoms with E-state index in [9.17, 15) is 0 Å². The third kappa shape index (κ3) is 3.90. The molecule has 2 atom stereocenters. The van der Waals surface area contributed by atoms with Gasteiger partial charge >= 0.3 is 0 Å². The molecule has 0 aromatic carbocycles. The van der Waals surface area contributed by atoms with Gasteiger partial charge in [0.1, 0.15) is 0 Å². The number of rotatable bonds is 4. The topological polar surface area (TPSA) is 24.4 Å². The summed E-state index contributed by atoms with van der Waals surface area (Å²) in [6.45, 7) is 9.19. The second-order valence-corrected chi connectivity index (χ2v) is 7.48. The van der Waals surface area contributed by atoms with Crippen molar-refractivity contribution in [3.8, 4) is 0 Å². The Balaban J connectivity index is 1.79. The van der Waals surface area contributed by atoms with Crippen molar-refractivity contribution in [1.29, 1.82) is 0 Å². The van der Waals surface area contributed by atoms with Gasteiger partial charge in [0.25, 0.3) is 0 Å². The Kier molecular flexibility index (Phi) is 5.61. The molecule has 0 amide bonds. The molecule has 1 heterocycles. The summed E-state index contributed by atoms with van der Waals surface area (Å²) in [5.41, 5.74) is 0.466. The molecule has 0 aromatic rings. The number of nitrogens with one attached hydrogen (secondary N) is 1. The number of hydrogen-bond acceptors (Lipinski definition) is 3. The Morgan fingerprint density at radius 1 is 1.26 bits per heavy atom. The summed E-state index contributed by atoms with van der Waals surface area (Å²) in [6.07, 6.45) is 8.19. The average molecular weight is 282 g/mol. The zero-order valence-electron chi connectivity index (χ0n) is 12.9. The highest BCUT2D eigenvalue weighted by Crippen LogP contribution is 2.35. The highest BCUT2D eigenvalue weighted by Gasteiger charge is 2.30. The third-order valence-corrected chi connectivity index (χ3v) is 6.68. The van der Waals surface area contributed by atoms with Gasteiger partial charge in [-0.25, -0.2) is 0 Å². The van der Waals surface area contributed by atoms with E-state index in [2.05, 4.69) is 26.1 Å². The number of hydrogen-bond donors (Lipinski definition) is 1. The van der Waals surface area contributed by atoms with Crippen LogP contribution in [-0.2, 0) is 0 Å². The van der Waals surface area contributed by atoms with Gasteiger partial charge in [-0.2, -0.15) is 0 Å². The first-order valence-corrected chi connectivity index (χ1v) is 9.09. The molecule has 3 heteroatoms. The first-order chi connectivity index (χ1) is 9.19. The van der Waals surface area contributed by atoms with E-state index < -0.39 is 0 Å². The Morgan fingerprint density at radius 2 is 2.00 bits per heavy atom. The lowest BCUT2D eigenvalue weighted by Gasteiger charge is -2.34. The molecule has 1 aliphatic heterocycles. The second kappa shape index (κ2) is 7.01. The molecule has 19 heavy (non-hydrogen) atoms. The van der Waals surface area contributed by atoms with Gasteiger partial charge in [-0.1, -0.05) is 51.8 Å². The summed E-state index contributed by atoms with van der Waals surface area (Å²) in [5, 5.41) is 4.82. The van der Waals surface area contributed by atoms with E-state index in [1.54, 1.807) is 0 Å². The third-order valence-electron chi connectivity index (χ3n) is 5.38. The van der Waals surface area contributed by atoms with Crippen LogP contribution in [0.2, 0.25) is 0 Å². The molecular weight excluding hydrogens is 252 g/mol. The molecular formula is C16H30N2S. The second-order valence-electron chi connectivity index (χ2n) is 6.52. The van der Waals surface area contributed by atoms with Gasteiger partial charge < -0.3 is 5.32 Å². The van der Waals surface area contributed by atoms with Gasteiger partial charge in [0.05, 0.1) is 0 Å². The Morgan fingerprint density at radius 3 is 2.58 bits per heavy atom. The normalized spacial score (nSPS) is 30.8. The number of amidine groups is 1. The molecule has 2 nitrogen and oxygen atoms in total. The minimum atomic E-state index is 0.466. The van der Waals surface area contributed by atoms with E-state index >= 15 is 0 Å². The van der Waals surface area contributed by atoms with Crippen molar-refractivity contribution in [2.45, 2.75) is 59.3 Å². The minimum absolute atomic E-state index is 0.466. The van der Waals surface area contributed by atoms with Gasteiger partial charge in [-0.15, -0.1) is 0 Å². The van der Waals surface area contributed by atoms with Crippen LogP contribution in [0.3, 0.4) is 0 Å². The van der Waals surface area contributed by atoms with Gasteiger partial charge in [0.15, 0.2) is 5.17 Å². The van der Waals surface area contributed by atoms with Crippen LogP contribution in [0.5, 0.6) is 0 Å². The fourth-order valence-electron chi connectivity index (χ4n) is 3.25. The van der Waals surface area contributed by atoms with Crippen LogP contribution in [0.25, 0.3) is 0 Å². The van der Waals surface area contributed by atoms with Crippen molar-refractivity contribution in [2.24, 2.45) is 22.2 Å². The van der Waals surface area contributed by atoms with Crippen LogP contribution in [-0.4, -0.2) is 24.0 Å². The predicted octanol–water partition coefficient (Wildman–Crippen LogP) is 4.31. The van der Waals surface area contributed by atoms with E-state index in [4.69, 9.17) is 4.99 Å². The molecule has 0 spiro atoms. The van der Waals surface area contributed by atoms with Gasteiger partial charge in [0.2, 0.25) is 0 Å². The molecule has 1 saturated carbocycles. The van der Waals surface area contributed by atoms with Crippen LogP contribution in [0.15, 0.2) is 4.99 Å². The highest BCUT2D eigenvalue weighted by atomic mass is 32.2. The van der Waals surface area contributed by atoms with E-state index in [0.717, 1.165) is 24.9 Å². The van der Waals surface area contributed by atoms with Gasteiger partial charge in [-0.05, 0) is 36.5 Å². The molecule has 2 aliphatic rings. The maximum absolute atomic E-state index is 4.80. The summed E-state index contributed by atoms with van der Waals surface area (Å²) in [4.78, 5) is 4.80. The van der Waals surface area contributed by atoms with E-state index in [0.29, 0.717) is 5.41 Å². The number of aliphatic imine (C=N–C) groups is 1. The molecule has 1 N–H and O–H groups in total. The summed E-state index contributed by atoms with van der Waals surface area (Å²) in [7, 11) is 0. The first-order valence-electron chi connectivity index (χ1n) is 8.10. The fourth-order valence-corrected chi connectivity index (χ4v) is 4.54. The number of thioether (sulfide) groups is 1. The lowest BCUT2D eigenvalue weighted by molar-refractivity contribution is 0.256. The predicted molar refractivity (Wildman–Crippen MR) is 86.9 cm³/mol. The molecule has 0 bridgehead atoms. The zero-order chi connectivity index (χ0) is 13.7. The molecule has 110 valence electrons. The Hall–Kier alpha value is -0.180. The van der Waals surface area contributed by atoms with E-state index in [1.165, 1.54) is 49.4 Å². The summed E-state index contributed by atoms with van der Waals surface area (Å²) < 4.78 is 0. The molecule has 2 rings (SSSR count). The van der Waals surface area contributed by atoms with Gasteiger partial charge in [-0.3, -0.25) is 4.99 Å². The van der Waals surface area contributed by atoms with Crippen LogP contribution in [0.4, 0.5) is 0 Å². The van der Waals surface area contributed by atoms with Crippen molar-refractivity contribution < 1.29 is 0 Å². The maximum Gasteiger partial charge on any atom is 0.156 e. The molecule has 2 unspecified atom stereocenters. The van der Waals surface area contributed by atoms with Crippen molar-refractivity contribution in [1.82, 2.24) is 5.32 Å². The summed E-state index contributed by atoms with van der Waals surface area (Å²) in [5.74, 6) is 2.99. The average Bonchev–Trinajstić information content (AvgIpc) is 2.47. The lowest BCUT2D eigenvalue weighted by atomic mass is 9.80. The van der Waals surface area contributed by atoms with Crippen molar-refractivity contribution in [2.75, 3.05) is 18.8 Å². The standard InChI is InChI=1S/C16H30N2S/c1-4-16(5-2)11-18-15(19-12-16)17-10-14-9-7-6-8-13(14)3/h13-14H,4-12H2,1-3H3,(H,17,18). The number of nitrogens with zero attached hydrogens (tertiary/aromatic N) is 1. The molecule has 1 fully saturated rings. The van der Waals surface area contributed by atoms with E-state index in [1.807, 2.05) is 11.8 Å². The van der Waals surface area contributed by atoms with E-state index in [-0.39, 0.29) is 0 Å². The zero-order valence-corrected chi connectivity index (χ0v) is 13.7. The van der Waals surface area contributed by atoms with Gasteiger partial charge in [0, 0.05) is 18.8 Å².